The summed E-state index contributed by atoms with van der Waals surface area (Å²) in [5, 5.41) is 1.84. The molecule has 1 saturated heterocycles. The van der Waals surface area contributed by atoms with Gasteiger partial charge in [-0.25, -0.2) is 4.79 Å². The van der Waals surface area contributed by atoms with Gasteiger partial charge in [0.15, 0.2) is 0 Å². The van der Waals surface area contributed by atoms with Gasteiger partial charge in [0.1, 0.15) is 6.04 Å². The number of esters is 1. The molecular weight excluding hydrogens is 404 g/mol. The Balaban J connectivity index is 1.22. The van der Waals surface area contributed by atoms with E-state index in [0.29, 0.717) is 41.8 Å². The first-order valence-corrected chi connectivity index (χ1v) is 10.9. The molecule has 8 heteroatoms. The third-order valence-electron chi connectivity index (χ3n) is 5.42. The molecule has 1 unspecified atom stereocenters. The van der Waals surface area contributed by atoms with Crippen molar-refractivity contribution in [1.82, 2.24) is 9.80 Å². The van der Waals surface area contributed by atoms with Crippen LogP contribution in [-0.4, -0.2) is 59.2 Å². The Kier molecular flexibility index (Phi) is 5.94. The summed E-state index contributed by atoms with van der Waals surface area (Å²) in [7, 11) is 0. The number of thiophene rings is 1. The fourth-order valence-electron chi connectivity index (χ4n) is 3.88. The van der Waals surface area contributed by atoms with Gasteiger partial charge < -0.3 is 9.64 Å². The first kappa shape index (κ1) is 20.3. The molecule has 30 heavy (non-hydrogen) atoms. The fourth-order valence-corrected chi connectivity index (χ4v) is 4.56. The van der Waals surface area contributed by atoms with Gasteiger partial charge in [-0.05, 0) is 49.3 Å². The second-order valence-corrected chi connectivity index (χ2v) is 8.26. The lowest BCUT2D eigenvalue weighted by Gasteiger charge is -2.22. The highest BCUT2D eigenvalue weighted by Crippen LogP contribution is 2.24. The molecule has 0 spiro atoms. The number of fused-ring (bicyclic) bond motifs is 1. The topological polar surface area (TPSA) is 84.0 Å². The van der Waals surface area contributed by atoms with Gasteiger partial charge in [0.25, 0.3) is 17.7 Å². The van der Waals surface area contributed by atoms with Crippen LogP contribution in [-0.2, 0) is 9.53 Å². The summed E-state index contributed by atoms with van der Waals surface area (Å²) in [5.41, 5.74) is 0.872. The zero-order valence-corrected chi connectivity index (χ0v) is 17.2. The fraction of sp³-hybridized carbons (Fsp3) is 0.364. The van der Waals surface area contributed by atoms with Crippen LogP contribution in [0.2, 0.25) is 0 Å². The zero-order chi connectivity index (χ0) is 21.1. The second kappa shape index (κ2) is 8.79. The predicted octanol–water partition coefficient (Wildman–Crippen LogP) is 2.97. The Morgan fingerprint density at radius 1 is 1.03 bits per heavy atom. The van der Waals surface area contributed by atoms with Gasteiger partial charge in [-0.15, -0.1) is 11.3 Å². The highest BCUT2D eigenvalue weighted by molar-refractivity contribution is 7.12. The van der Waals surface area contributed by atoms with Crippen molar-refractivity contribution in [2.24, 2.45) is 0 Å². The predicted molar refractivity (Wildman–Crippen MR) is 110 cm³/mol. The number of rotatable bonds is 7. The number of nitrogens with zero attached hydrogens (tertiary/aromatic N) is 2. The van der Waals surface area contributed by atoms with Gasteiger partial charge in [-0.1, -0.05) is 18.2 Å². The van der Waals surface area contributed by atoms with Crippen LogP contribution in [0, 0.1) is 0 Å². The molecule has 2 aromatic rings. The number of ether oxygens (including phenoxy) is 1. The minimum absolute atomic E-state index is 0.130. The number of unbranched alkanes of at least 4 members (excludes halogenated alkanes) is 1. The Hall–Kier alpha value is -3.00. The van der Waals surface area contributed by atoms with Crippen molar-refractivity contribution in [1.29, 1.82) is 0 Å². The van der Waals surface area contributed by atoms with E-state index in [9.17, 15) is 19.2 Å². The molecule has 1 fully saturated rings. The quantitative estimate of drug-likeness (QED) is 0.386. The van der Waals surface area contributed by atoms with Crippen LogP contribution in [0.25, 0.3) is 0 Å². The molecule has 1 atom stereocenters. The van der Waals surface area contributed by atoms with Crippen LogP contribution in [0.5, 0.6) is 0 Å². The van der Waals surface area contributed by atoms with Crippen LogP contribution < -0.4 is 0 Å². The average molecular weight is 426 g/mol. The summed E-state index contributed by atoms with van der Waals surface area (Å²) in [6.45, 7) is 1.03. The van der Waals surface area contributed by atoms with E-state index in [1.807, 2.05) is 11.4 Å². The van der Waals surface area contributed by atoms with E-state index in [1.54, 1.807) is 35.2 Å². The van der Waals surface area contributed by atoms with Crippen molar-refractivity contribution in [3.8, 4) is 0 Å². The molecule has 2 aliphatic heterocycles. The molecule has 1 aromatic carbocycles. The van der Waals surface area contributed by atoms with Gasteiger partial charge in [0, 0.05) is 13.1 Å². The minimum atomic E-state index is -0.546. The van der Waals surface area contributed by atoms with E-state index in [2.05, 4.69) is 0 Å². The molecule has 2 aliphatic rings. The van der Waals surface area contributed by atoms with Crippen molar-refractivity contribution in [2.45, 2.75) is 31.7 Å². The number of hydrogen-bond donors (Lipinski definition) is 0. The Morgan fingerprint density at radius 3 is 2.43 bits per heavy atom. The average Bonchev–Trinajstić information content (AvgIpc) is 3.50. The standard InChI is InChI=1S/C22H22N2O5S/c25-19-15-7-1-2-8-16(15)20(26)24(19)11-3-4-13-29-22(28)17-9-5-12-23(17)21(27)18-10-6-14-30-18/h1-2,6-8,10,14,17H,3-5,9,11-13H2. The highest BCUT2D eigenvalue weighted by Gasteiger charge is 2.36. The van der Waals surface area contributed by atoms with E-state index in [1.165, 1.54) is 16.2 Å². The number of likely N-dealkylation sites (tertiary alicyclic amines) is 1. The van der Waals surface area contributed by atoms with Crippen LogP contribution in [0.4, 0.5) is 0 Å². The SMILES string of the molecule is O=C(OCCCCN1C(=O)c2ccccc2C1=O)C1CCCN1C(=O)c1cccs1. The largest absolute Gasteiger partial charge is 0.464 e. The van der Waals surface area contributed by atoms with Gasteiger partial charge in [-0.3, -0.25) is 19.3 Å². The van der Waals surface area contributed by atoms with Crippen LogP contribution in [0.3, 0.4) is 0 Å². The lowest BCUT2D eigenvalue weighted by molar-refractivity contribution is -0.148. The zero-order valence-electron chi connectivity index (χ0n) is 16.4. The third kappa shape index (κ3) is 3.87. The first-order chi connectivity index (χ1) is 14.6. The van der Waals surface area contributed by atoms with Gasteiger partial charge in [0.2, 0.25) is 0 Å². The molecule has 0 saturated carbocycles. The summed E-state index contributed by atoms with van der Waals surface area (Å²) in [6, 6.07) is 9.81. The molecule has 0 N–H and O–H groups in total. The summed E-state index contributed by atoms with van der Waals surface area (Å²) in [4.78, 5) is 53.2. The molecule has 0 bridgehead atoms. The Morgan fingerprint density at radius 2 is 1.77 bits per heavy atom. The number of hydrogen-bond acceptors (Lipinski definition) is 6. The smallest absolute Gasteiger partial charge is 0.328 e. The molecule has 0 radical (unpaired) electrons. The molecule has 7 nitrogen and oxygen atoms in total. The molecular formula is C22H22N2O5S. The number of benzene rings is 1. The van der Waals surface area contributed by atoms with Crippen LogP contribution in [0.1, 0.15) is 56.1 Å². The molecule has 1 aromatic heterocycles. The maximum Gasteiger partial charge on any atom is 0.328 e. The summed E-state index contributed by atoms with van der Waals surface area (Å²) in [5.74, 6) is -1.07. The van der Waals surface area contributed by atoms with Gasteiger partial charge in [-0.2, -0.15) is 0 Å². The van der Waals surface area contributed by atoms with Crippen molar-refractivity contribution >= 4 is 35.0 Å². The summed E-state index contributed by atoms with van der Waals surface area (Å²) < 4.78 is 5.39. The van der Waals surface area contributed by atoms with Gasteiger partial charge >= 0.3 is 5.97 Å². The maximum atomic E-state index is 12.6. The number of carbonyl (C=O) groups excluding carboxylic acids is 4. The monoisotopic (exact) mass is 426 g/mol. The normalized spacial score (nSPS) is 18.1. The lowest BCUT2D eigenvalue weighted by atomic mass is 10.1. The van der Waals surface area contributed by atoms with Crippen molar-refractivity contribution in [2.75, 3.05) is 19.7 Å². The van der Waals surface area contributed by atoms with Gasteiger partial charge in [0.05, 0.1) is 22.6 Å². The maximum absolute atomic E-state index is 12.6. The molecule has 3 amide bonds. The van der Waals surface area contributed by atoms with Crippen molar-refractivity contribution in [3.63, 3.8) is 0 Å². The number of carbonyl (C=O) groups is 4. The Labute approximate surface area is 178 Å². The molecule has 156 valence electrons. The van der Waals surface area contributed by atoms with E-state index in [-0.39, 0.29) is 30.9 Å². The molecule has 0 aliphatic carbocycles. The second-order valence-electron chi connectivity index (χ2n) is 7.32. The van der Waals surface area contributed by atoms with E-state index in [4.69, 9.17) is 4.74 Å². The highest BCUT2D eigenvalue weighted by atomic mass is 32.1. The number of imide groups is 1. The molecule has 4 rings (SSSR count). The molecule has 3 heterocycles. The summed E-state index contributed by atoms with van der Waals surface area (Å²) >= 11 is 1.36. The van der Waals surface area contributed by atoms with Crippen LogP contribution >= 0.6 is 11.3 Å². The third-order valence-corrected chi connectivity index (χ3v) is 6.27. The van der Waals surface area contributed by atoms with Crippen LogP contribution in [0.15, 0.2) is 41.8 Å². The van der Waals surface area contributed by atoms with Crippen molar-refractivity contribution in [3.05, 3.63) is 57.8 Å². The number of amides is 3. The Bertz CT molecular complexity index is 937. The minimum Gasteiger partial charge on any atom is -0.464 e. The van der Waals surface area contributed by atoms with E-state index < -0.39 is 12.0 Å². The first-order valence-electron chi connectivity index (χ1n) is 10.0. The van der Waals surface area contributed by atoms with E-state index in [0.717, 1.165) is 6.42 Å². The van der Waals surface area contributed by atoms with E-state index >= 15 is 0 Å². The van der Waals surface area contributed by atoms with Crippen molar-refractivity contribution < 1.29 is 23.9 Å². The summed E-state index contributed by atoms with van der Waals surface area (Å²) in [6.07, 6.45) is 2.45. The lowest BCUT2D eigenvalue weighted by Crippen LogP contribution is -2.41.